The molecule has 0 fully saturated rings. The number of ether oxygens (including phenoxy) is 5. The first-order valence-electron chi connectivity index (χ1n) is 10.0. The molecule has 172 valence electrons. The Balaban J connectivity index is 1.64. The van der Waals surface area contributed by atoms with E-state index in [0.717, 1.165) is 0 Å². The molecule has 0 spiro atoms. The highest BCUT2D eigenvalue weighted by Gasteiger charge is 2.16. The number of carbonyl (C=O) groups excluding carboxylic acids is 2. The van der Waals surface area contributed by atoms with E-state index in [1.54, 1.807) is 60.7 Å². The van der Waals surface area contributed by atoms with Crippen LogP contribution in [0.15, 0.2) is 60.7 Å². The molecule has 8 nitrogen and oxygen atoms in total. The topological polar surface area (TPSA) is 92.3 Å². The number of para-hydroxylation sites is 1. The zero-order valence-corrected chi connectivity index (χ0v) is 18.8. The molecule has 3 aromatic rings. The molecular formula is C25H25NO7. The van der Waals surface area contributed by atoms with Gasteiger partial charge in [-0.3, -0.25) is 9.59 Å². The average molecular weight is 451 g/mol. The van der Waals surface area contributed by atoms with Gasteiger partial charge in [-0.15, -0.1) is 0 Å². The van der Waals surface area contributed by atoms with Gasteiger partial charge in [0.1, 0.15) is 11.5 Å². The first-order chi connectivity index (χ1) is 16.0. The van der Waals surface area contributed by atoms with Gasteiger partial charge in [-0.25, -0.2) is 0 Å². The fourth-order valence-corrected chi connectivity index (χ4v) is 3.21. The molecule has 3 rings (SSSR count). The zero-order chi connectivity index (χ0) is 23.8. The third-order valence-corrected chi connectivity index (χ3v) is 4.77. The molecule has 0 aliphatic heterocycles. The zero-order valence-electron chi connectivity index (χ0n) is 18.8. The van der Waals surface area contributed by atoms with Gasteiger partial charge in [0, 0.05) is 5.69 Å². The summed E-state index contributed by atoms with van der Waals surface area (Å²) in [7, 11) is 6.03. The molecule has 1 amide bonds. The van der Waals surface area contributed by atoms with Crippen molar-refractivity contribution >= 4 is 17.6 Å². The highest BCUT2D eigenvalue weighted by molar-refractivity contribution is 6.06. The first kappa shape index (κ1) is 23.5. The summed E-state index contributed by atoms with van der Waals surface area (Å²) in [6.07, 6.45) is 0.00298. The number of anilines is 1. The van der Waals surface area contributed by atoms with E-state index in [1.807, 2.05) is 0 Å². The molecule has 0 aliphatic rings. The molecule has 0 atom stereocenters. The van der Waals surface area contributed by atoms with Gasteiger partial charge in [0.05, 0.1) is 40.4 Å². The van der Waals surface area contributed by atoms with Crippen LogP contribution in [0.5, 0.6) is 28.7 Å². The minimum atomic E-state index is -0.463. The normalized spacial score (nSPS) is 10.2. The summed E-state index contributed by atoms with van der Waals surface area (Å²) in [6.45, 7) is 0. The summed E-state index contributed by atoms with van der Waals surface area (Å²) in [5.74, 6) is 1.41. The van der Waals surface area contributed by atoms with Gasteiger partial charge >= 0.3 is 5.97 Å². The third kappa shape index (κ3) is 5.74. The lowest BCUT2D eigenvalue weighted by Gasteiger charge is -2.14. The molecule has 0 bridgehead atoms. The maximum Gasteiger partial charge on any atom is 0.315 e. The molecule has 1 N–H and O–H groups in total. The van der Waals surface area contributed by atoms with Crippen LogP contribution in [-0.4, -0.2) is 40.3 Å². The summed E-state index contributed by atoms with van der Waals surface area (Å²) in [4.78, 5) is 24.9. The Kier molecular flexibility index (Phi) is 7.75. The molecule has 0 unspecified atom stereocenters. The van der Waals surface area contributed by atoms with E-state index >= 15 is 0 Å². The second kappa shape index (κ2) is 10.9. The van der Waals surface area contributed by atoms with E-state index < -0.39 is 5.97 Å². The summed E-state index contributed by atoms with van der Waals surface area (Å²) >= 11 is 0. The van der Waals surface area contributed by atoms with E-state index in [9.17, 15) is 9.59 Å². The van der Waals surface area contributed by atoms with Gasteiger partial charge in [0.2, 0.25) is 5.75 Å². The molecule has 33 heavy (non-hydrogen) atoms. The van der Waals surface area contributed by atoms with Crippen LogP contribution in [0.4, 0.5) is 5.69 Å². The number of carbonyl (C=O) groups is 2. The van der Waals surface area contributed by atoms with Crippen LogP contribution in [0, 0.1) is 0 Å². The SMILES string of the molecule is COc1ccccc1C(=O)Nc1ccc(OC(=O)Cc2cc(OC)c(OC)c(OC)c2)cc1. The second-order valence-electron chi connectivity index (χ2n) is 6.86. The Labute approximate surface area is 192 Å². The molecule has 0 heterocycles. The number of amides is 1. The lowest BCUT2D eigenvalue weighted by Crippen LogP contribution is -2.13. The second-order valence-corrected chi connectivity index (χ2v) is 6.86. The van der Waals surface area contributed by atoms with E-state index in [4.69, 9.17) is 23.7 Å². The minimum absolute atomic E-state index is 0.00298. The monoisotopic (exact) mass is 451 g/mol. The van der Waals surface area contributed by atoms with Crippen molar-refractivity contribution in [1.29, 1.82) is 0 Å². The third-order valence-electron chi connectivity index (χ3n) is 4.77. The van der Waals surface area contributed by atoms with Gasteiger partial charge in [0.15, 0.2) is 11.5 Å². The Bertz CT molecular complexity index is 1100. The van der Waals surface area contributed by atoms with Gasteiger partial charge in [-0.2, -0.15) is 0 Å². The fourth-order valence-electron chi connectivity index (χ4n) is 3.21. The van der Waals surface area contributed by atoms with Crippen molar-refractivity contribution in [3.8, 4) is 28.7 Å². The van der Waals surface area contributed by atoms with Crippen LogP contribution >= 0.6 is 0 Å². The number of hydrogen-bond acceptors (Lipinski definition) is 7. The Morgan fingerprint density at radius 3 is 1.94 bits per heavy atom. The summed E-state index contributed by atoms with van der Waals surface area (Å²) in [5.41, 5.74) is 1.62. The lowest BCUT2D eigenvalue weighted by atomic mass is 10.1. The molecular weight excluding hydrogens is 426 g/mol. The van der Waals surface area contributed by atoms with Crippen LogP contribution in [0.2, 0.25) is 0 Å². The predicted octanol–water partition coefficient (Wildman–Crippen LogP) is 4.12. The predicted molar refractivity (Wildman–Crippen MR) is 123 cm³/mol. The van der Waals surface area contributed by atoms with Crippen LogP contribution in [0.25, 0.3) is 0 Å². The Hall–Kier alpha value is -4.20. The lowest BCUT2D eigenvalue weighted by molar-refractivity contribution is -0.133. The van der Waals surface area contributed by atoms with Crippen molar-refractivity contribution in [2.24, 2.45) is 0 Å². The number of hydrogen-bond donors (Lipinski definition) is 1. The average Bonchev–Trinajstić information content (AvgIpc) is 2.84. The maximum atomic E-state index is 12.5. The van der Waals surface area contributed by atoms with Gasteiger partial charge in [-0.1, -0.05) is 12.1 Å². The maximum absolute atomic E-state index is 12.5. The van der Waals surface area contributed by atoms with Crippen LogP contribution < -0.4 is 29.0 Å². The largest absolute Gasteiger partial charge is 0.496 e. The number of nitrogens with one attached hydrogen (secondary N) is 1. The van der Waals surface area contributed by atoms with Crippen molar-refractivity contribution in [2.45, 2.75) is 6.42 Å². The van der Waals surface area contributed by atoms with Crippen molar-refractivity contribution in [3.05, 3.63) is 71.8 Å². The van der Waals surface area contributed by atoms with Crippen molar-refractivity contribution in [1.82, 2.24) is 0 Å². The number of benzene rings is 3. The highest BCUT2D eigenvalue weighted by atomic mass is 16.5. The van der Waals surface area contributed by atoms with Crippen LogP contribution in [0.1, 0.15) is 15.9 Å². The number of methoxy groups -OCH3 is 4. The smallest absolute Gasteiger partial charge is 0.315 e. The van der Waals surface area contributed by atoms with Gasteiger partial charge < -0.3 is 29.0 Å². The Morgan fingerprint density at radius 1 is 0.758 bits per heavy atom. The van der Waals surface area contributed by atoms with Crippen molar-refractivity contribution in [2.75, 3.05) is 33.8 Å². The molecule has 0 saturated carbocycles. The standard InChI is InChI=1S/C25H25NO7/c1-29-20-8-6-5-7-19(20)25(28)26-17-9-11-18(12-10-17)33-23(27)15-16-13-21(30-2)24(32-4)22(14-16)31-3/h5-14H,15H2,1-4H3,(H,26,28). The number of esters is 1. The summed E-state index contributed by atoms with van der Waals surface area (Å²) in [5, 5.41) is 2.79. The molecule has 0 radical (unpaired) electrons. The molecule has 8 heteroatoms. The van der Waals surface area contributed by atoms with E-state index in [2.05, 4.69) is 5.32 Å². The van der Waals surface area contributed by atoms with E-state index in [1.165, 1.54) is 28.4 Å². The highest BCUT2D eigenvalue weighted by Crippen LogP contribution is 2.38. The van der Waals surface area contributed by atoms with Gasteiger partial charge in [0.25, 0.3) is 5.91 Å². The van der Waals surface area contributed by atoms with Crippen LogP contribution in [-0.2, 0) is 11.2 Å². The van der Waals surface area contributed by atoms with Gasteiger partial charge in [-0.05, 0) is 54.1 Å². The van der Waals surface area contributed by atoms with Crippen molar-refractivity contribution < 1.29 is 33.3 Å². The fraction of sp³-hybridized carbons (Fsp3) is 0.200. The van der Waals surface area contributed by atoms with E-state index in [0.29, 0.717) is 45.6 Å². The Morgan fingerprint density at radius 2 is 1.36 bits per heavy atom. The molecule has 0 aromatic heterocycles. The summed E-state index contributed by atoms with van der Waals surface area (Å²) < 4.78 is 26.5. The molecule has 0 saturated heterocycles. The number of rotatable bonds is 9. The molecule has 0 aliphatic carbocycles. The summed E-state index contributed by atoms with van der Waals surface area (Å²) in [6, 6.07) is 16.8. The first-order valence-corrected chi connectivity index (χ1v) is 10.0. The van der Waals surface area contributed by atoms with E-state index in [-0.39, 0.29) is 12.3 Å². The quantitative estimate of drug-likeness (QED) is 0.386. The van der Waals surface area contributed by atoms with Crippen molar-refractivity contribution in [3.63, 3.8) is 0 Å². The molecule has 3 aromatic carbocycles. The minimum Gasteiger partial charge on any atom is -0.496 e. The van der Waals surface area contributed by atoms with Crippen LogP contribution in [0.3, 0.4) is 0 Å².